The van der Waals surface area contributed by atoms with E-state index in [1.165, 1.54) is 17.0 Å². The first-order valence-corrected chi connectivity index (χ1v) is 8.66. The Morgan fingerprint density at radius 1 is 0.962 bits per heavy atom. The Hall–Kier alpha value is -2.73. The Morgan fingerprint density at radius 3 is 2.15 bits per heavy atom. The average molecular weight is 355 g/mol. The van der Waals surface area contributed by atoms with E-state index in [1.807, 2.05) is 0 Å². The molecule has 3 rings (SSSR count). The summed E-state index contributed by atoms with van der Waals surface area (Å²) in [5.41, 5.74) is 7.06. The molecule has 6 heteroatoms. The van der Waals surface area contributed by atoms with Crippen molar-refractivity contribution in [3.05, 3.63) is 54.3 Å². The second kappa shape index (κ2) is 7.25. The summed E-state index contributed by atoms with van der Waals surface area (Å²) in [6.07, 6.45) is 0.765. The first kappa shape index (κ1) is 18.1. The first-order valence-electron chi connectivity index (χ1n) is 8.66. The molecule has 0 unspecified atom stereocenters. The summed E-state index contributed by atoms with van der Waals surface area (Å²) in [4.78, 5) is 28.5. The fraction of sp³-hybridized carbons (Fsp3) is 0.300. The average Bonchev–Trinajstić information content (AvgIpc) is 2.70. The van der Waals surface area contributed by atoms with E-state index in [0.29, 0.717) is 23.8 Å². The predicted octanol–water partition coefficient (Wildman–Crippen LogP) is 3.21. The van der Waals surface area contributed by atoms with E-state index >= 15 is 0 Å². The van der Waals surface area contributed by atoms with Crippen LogP contribution >= 0.6 is 0 Å². The molecule has 1 aliphatic rings. The quantitative estimate of drug-likeness (QED) is 0.857. The van der Waals surface area contributed by atoms with Crippen LogP contribution in [-0.2, 0) is 9.59 Å². The first-order chi connectivity index (χ1) is 12.4. The van der Waals surface area contributed by atoms with Crippen LogP contribution in [0.2, 0.25) is 0 Å². The number of nitrogens with two attached hydrogens (primary N) is 1. The van der Waals surface area contributed by atoms with Crippen LogP contribution < -0.4 is 15.5 Å². The van der Waals surface area contributed by atoms with Crippen LogP contribution in [-0.4, -0.2) is 24.4 Å². The summed E-state index contributed by atoms with van der Waals surface area (Å²) >= 11 is 0. The van der Waals surface area contributed by atoms with Crippen LogP contribution in [0.3, 0.4) is 0 Å². The van der Waals surface area contributed by atoms with Crippen molar-refractivity contribution < 1.29 is 14.0 Å². The van der Waals surface area contributed by atoms with Crippen LogP contribution in [0.1, 0.15) is 20.3 Å². The summed E-state index contributed by atoms with van der Waals surface area (Å²) in [6.45, 7) is 4.56. The SMILES string of the molecule is CC(C)CCN1C(=O)[C@@H](N)C(=O)N(c2ccccc2F)c2ccccc21. The Morgan fingerprint density at radius 2 is 1.54 bits per heavy atom. The van der Waals surface area contributed by atoms with Gasteiger partial charge in [-0.2, -0.15) is 0 Å². The fourth-order valence-electron chi connectivity index (χ4n) is 3.03. The van der Waals surface area contributed by atoms with Gasteiger partial charge in [-0.1, -0.05) is 38.1 Å². The molecule has 1 heterocycles. The lowest BCUT2D eigenvalue weighted by molar-refractivity contribution is -0.127. The Kier molecular flexibility index (Phi) is 5.04. The summed E-state index contributed by atoms with van der Waals surface area (Å²) < 4.78 is 14.4. The number of fused-ring (bicyclic) bond motifs is 1. The lowest BCUT2D eigenvalue weighted by Crippen LogP contribution is -2.50. The van der Waals surface area contributed by atoms with Gasteiger partial charge in [0.15, 0.2) is 6.04 Å². The number of amides is 2. The van der Waals surface area contributed by atoms with Crippen LogP contribution in [0.5, 0.6) is 0 Å². The van der Waals surface area contributed by atoms with Gasteiger partial charge in [0.05, 0.1) is 17.1 Å². The Balaban J connectivity index is 2.17. The normalized spacial score (nSPS) is 17.5. The number of hydrogen-bond acceptors (Lipinski definition) is 3. The van der Waals surface area contributed by atoms with E-state index in [2.05, 4.69) is 13.8 Å². The lowest BCUT2D eigenvalue weighted by Gasteiger charge is -2.26. The van der Waals surface area contributed by atoms with E-state index in [4.69, 9.17) is 5.73 Å². The maximum atomic E-state index is 14.4. The zero-order chi connectivity index (χ0) is 18.8. The van der Waals surface area contributed by atoms with Crippen molar-refractivity contribution >= 4 is 28.9 Å². The van der Waals surface area contributed by atoms with Gasteiger partial charge >= 0.3 is 0 Å². The number of hydrogen-bond donors (Lipinski definition) is 1. The molecule has 0 spiro atoms. The molecule has 0 aromatic heterocycles. The highest BCUT2D eigenvalue weighted by Crippen LogP contribution is 2.38. The molecule has 0 fully saturated rings. The van der Waals surface area contributed by atoms with Gasteiger partial charge in [0.25, 0.3) is 11.8 Å². The molecular weight excluding hydrogens is 333 g/mol. The molecule has 0 saturated heterocycles. The van der Waals surface area contributed by atoms with Crippen molar-refractivity contribution in [2.24, 2.45) is 11.7 Å². The third-order valence-electron chi connectivity index (χ3n) is 4.46. The smallest absolute Gasteiger partial charge is 0.258 e. The highest BCUT2D eigenvalue weighted by Gasteiger charge is 2.39. The molecule has 0 radical (unpaired) electrons. The highest BCUT2D eigenvalue weighted by molar-refractivity contribution is 6.22. The maximum Gasteiger partial charge on any atom is 0.258 e. The van der Waals surface area contributed by atoms with Crippen molar-refractivity contribution in [3.8, 4) is 0 Å². The molecule has 2 N–H and O–H groups in total. The van der Waals surface area contributed by atoms with Gasteiger partial charge in [-0.3, -0.25) is 14.5 Å². The molecule has 1 aliphatic heterocycles. The third-order valence-corrected chi connectivity index (χ3v) is 4.46. The molecule has 0 saturated carbocycles. The molecule has 136 valence electrons. The number of anilines is 3. The van der Waals surface area contributed by atoms with Crippen LogP contribution in [0.4, 0.5) is 21.5 Å². The standard InChI is InChI=1S/C20H22FN3O2/c1-13(2)11-12-23-16-9-5-6-10-17(16)24(20(26)18(22)19(23)25)15-8-4-3-7-14(15)21/h3-10,13,18H,11-12,22H2,1-2H3/t18-/m1/s1. The number of carbonyl (C=O) groups excluding carboxylic acids is 2. The third kappa shape index (κ3) is 3.20. The van der Waals surface area contributed by atoms with Crippen LogP contribution in [0, 0.1) is 11.7 Å². The highest BCUT2D eigenvalue weighted by atomic mass is 19.1. The van der Waals surface area contributed by atoms with E-state index in [-0.39, 0.29) is 5.69 Å². The van der Waals surface area contributed by atoms with Gasteiger partial charge in [-0.05, 0) is 36.6 Å². The van der Waals surface area contributed by atoms with E-state index in [0.717, 1.165) is 6.42 Å². The van der Waals surface area contributed by atoms with Crippen LogP contribution in [0.15, 0.2) is 48.5 Å². The topological polar surface area (TPSA) is 66.6 Å². The Bertz CT molecular complexity index is 837. The number of benzene rings is 2. The number of halogens is 1. The number of rotatable bonds is 4. The molecule has 2 aromatic carbocycles. The van der Waals surface area contributed by atoms with Gasteiger partial charge in [0.1, 0.15) is 5.82 Å². The van der Waals surface area contributed by atoms with Gasteiger partial charge in [0, 0.05) is 6.54 Å². The van der Waals surface area contributed by atoms with Crippen molar-refractivity contribution in [1.82, 2.24) is 0 Å². The van der Waals surface area contributed by atoms with Crippen molar-refractivity contribution in [3.63, 3.8) is 0 Å². The van der Waals surface area contributed by atoms with E-state index in [1.54, 1.807) is 41.3 Å². The Labute approximate surface area is 152 Å². The van der Waals surface area contributed by atoms with Gasteiger partial charge in [-0.15, -0.1) is 0 Å². The molecule has 1 atom stereocenters. The minimum absolute atomic E-state index is 0.0823. The minimum atomic E-state index is -1.38. The molecular formula is C20H22FN3O2. The fourth-order valence-corrected chi connectivity index (χ4v) is 3.03. The van der Waals surface area contributed by atoms with Gasteiger partial charge in [0.2, 0.25) is 0 Å². The van der Waals surface area contributed by atoms with Crippen LogP contribution in [0.25, 0.3) is 0 Å². The number of nitrogens with zero attached hydrogens (tertiary/aromatic N) is 2. The lowest BCUT2D eigenvalue weighted by atomic mass is 10.1. The van der Waals surface area contributed by atoms with Crippen molar-refractivity contribution in [2.45, 2.75) is 26.3 Å². The monoisotopic (exact) mass is 355 g/mol. The number of para-hydroxylation sites is 3. The van der Waals surface area contributed by atoms with Gasteiger partial charge < -0.3 is 10.6 Å². The molecule has 5 nitrogen and oxygen atoms in total. The zero-order valence-electron chi connectivity index (χ0n) is 14.9. The largest absolute Gasteiger partial charge is 0.312 e. The summed E-state index contributed by atoms with van der Waals surface area (Å²) in [7, 11) is 0. The second-order valence-corrected chi connectivity index (χ2v) is 6.76. The summed E-state index contributed by atoms with van der Waals surface area (Å²) in [6, 6.07) is 11.6. The summed E-state index contributed by atoms with van der Waals surface area (Å²) in [5, 5.41) is 0. The van der Waals surface area contributed by atoms with Crippen molar-refractivity contribution in [2.75, 3.05) is 16.3 Å². The minimum Gasteiger partial charge on any atom is -0.312 e. The number of carbonyl (C=O) groups is 2. The predicted molar refractivity (Wildman–Crippen MR) is 99.8 cm³/mol. The maximum absolute atomic E-state index is 14.4. The molecule has 0 aliphatic carbocycles. The zero-order valence-corrected chi connectivity index (χ0v) is 14.9. The second-order valence-electron chi connectivity index (χ2n) is 6.76. The molecule has 2 aromatic rings. The van der Waals surface area contributed by atoms with Crippen molar-refractivity contribution in [1.29, 1.82) is 0 Å². The van der Waals surface area contributed by atoms with E-state index < -0.39 is 23.7 Å². The van der Waals surface area contributed by atoms with Gasteiger partial charge in [-0.25, -0.2) is 4.39 Å². The summed E-state index contributed by atoms with van der Waals surface area (Å²) in [5.74, 6) is -1.28. The molecule has 26 heavy (non-hydrogen) atoms. The van der Waals surface area contributed by atoms with E-state index in [9.17, 15) is 14.0 Å². The molecule has 0 bridgehead atoms. The molecule has 2 amide bonds.